The fraction of sp³-hybridized carbons (Fsp3) is 0.562. The van der Waals surface area contributed by atoms with Gasteiger partial charge < -0.3 is 10.3 Å². The van der Waals surface area contributed by atoms with Gasteiger partial charge in [-0.15, -0.1) is 0 Å². The molecular formula is C16H21N5O2. The first-order chi connectivity index (χ1) is 10.8. The standard InChI is InChI=1S/C16H21N5O2/c1-19-11(7-10-16(17)8-5-4-6-9-16)18-13-12(19)14(22)21(3)15(23)20(13)2/h4-6,8-9,17H2,1-3H3. The molecule has 1 fully saturated rings. The van der Waals surface area contributed by atoms with Crippen molar-refractivity contribution in [1.29, 1.82) is 0 Å². The fourth-order valence-corrected chi connectivity index (χ4v) is 3.12. The maximum Gasteiger partial charge on any atom is 0.332 e. The highest BCUT2D eigenvalue weighted by molar-refractivity contribution is 5.72. The largest absolute Gasteiger partial charge is 0.332 e. The van der Waals surface area contributed by atoms with E-state index in [-0.39, 0.29) is 5.56 Å². The van der Waals surface area contributed by atoms with Gasteiger partial charge in [0.2, 0.25) is 0 Å². The third-order valence-corrected chi connectivity index (χ3v) is 4.64. The number of aryl methyl sites for hydroxylation is 2. The van der Waals surface area contributed by atoms with Gasteiger partial charge in [-0.3, -0.25) is 13.9 Å². The van der Waals surface area contributed by atoms with Gasteiger partial charge in [0.15, 0.2) is 17.0 Å². The van der Waals surface area contributed by atoms with Crippen LogP contribution in [0, 0.1) is 11.8 Å². The number of rotatable bonds is 0. The van der Waals surface area contributed by atoms with E-state index in [0.717, 1.165) is 30.3 Å². The zero-order valence-corrected chi connectivity index (χ0v) is 13.7. The molecule has 2 aromatic heterocycles. The van der Waals surface area contributed by atoms with E-state index in [1.54, 1.807) is 18.7 Å². The quantitative estimate of drug-likeness (QED) is 0.692. The number of nitrogens with two attached hydrogens (primary N) is 1. The van der Waals surface area contributed by atoms with Gasteiger partial charge in [0.05, 0.1) is 5.54 Å². The van der Waals surface area contributed by atoms with Gasteiger partial charge in [-0.2, -0.15) is 0 Å². The molecule has 0 atom stereocenters. The van der Waals surface area contributed by atoms with Crippen LogP contribution < -0.4 is 17.0 Å². The summed E-state index contributed by atoms with van der Waals surface area (Å²) < 4.78 is 4.07. The Morgan fingerprint density at radius 1 is 1.04 bits per heavy atom. The number of aromatic nitrogens is 4. The van der Waals surface area contributed by atoms with E-state index in [1.165, 1.54) is 18.0 Å². The first kappa shape index (κ1) is 15.6. The number of hydrogen-bond donors (Lipinski definition) is 1. The number of hydrogen-bond acceptors (Lipinski definition) is 4. The Bertz CT molecular complexity index is 945. The van der Waals surface area contributed by atoms with Crippen LogP contribution in [0.25, 0.3) is 11.2 Å². The molecule has 1 aliphatic rings. The second-order valence-corrected chi connectivity index (χ2v) is 6.34. The average Bonchev–Trinajstić information content (AvgIpc) is 2.87. The Morgan fingerprint density at radius 3 is 2.35 bits per heavy atom. The second-order valence-electron chi connectivity index (χ2n) is 6.34. The summed E-state index contributed by atoms with van der Waals surface area (Å²) in [5, 5.41) is 0. The van der Waals surface area contributed by atoms with Crippen molar-refractivity contribution in [2.24, 2.45) is 26.9 Å². The van der Waals surface area contributed by atoms with Crippen LogP contribution in [-0.2, 0) is 21.1 Å². The molecule has 0 aliphatic heterocycles. The molecule has 7 heteroatoms. The smallest absolute Gasteiger partial charge is 0.315 e. The van der Waals surface area contributed by atoms with Crippen LogP contribution in [0.3, 0.4) is 0 Å². The molecule has 0 aromatic carbocycles. The van der Waals surface area contributed by atoms with Gasteiger partial charge in [0.25, 0.3) is 5.56 Å². The Balaban J connectivity index is 2.16. The van der Waals surface area contributed by atoms with Gasteiger partial charge in [-0.1, -0.05) is 25.2 Å². The number of imidazole rings is 1. The summed E-state index contributed by atoms with van der Waals surface area (Å²) in [5.41, 5.74) is 5.80. The molecule has 3 rings (SSSR count). The first-order valence-electron chi connectivity index (χ1n) is 7.78. The lowest BCUT2D eigenvalue weighted by Crippen LogP contribution is -2.40. The molecule has 0 bridgehead atoms. The Kier molecular flexibility index (Phi) is 3.65. The van der Waals surface area contributed by atoms with Crippen LogP contribution in [-0.4, -0.2) is 24.2 Å². The zero-order chi connectivity index (χ0) is 16.8. The van der Waals surface area contributed by atoms with Crippen molar-refractivity contribution in [3.8, 4) is 11.8 Å². The van der Waals surface area contributed by atoms with Crippen LogP contribution >= 0.6 is 0 Å². The summed E-state index contributed by atoms with van der Waals surface area (Å²) >= 11 is 0. The van der Waals surface area contributed by atoms with Gasteiger partial charge in [-0.25, -0.2) is 9.78 Å². The summed E-state index contributed by atoms with van der Waals surface area (Å²) in [6, 6.07) is 0. The van der Waals surface area contributed by atoms with Crippen LogP contribution in [0.5, 0.6) is 0 Å². The van der Waals surface area contributed by atoms with E-state index in [4.69, 9.17) is 5.73 Å². The Labute approximate surface area is 133 Å². The molecule has 2 N–H and O–H groups in total. The van der Waals surface area contributed by atoms with Crippen LogP contribution in [0.2, 0.25) is 0 Å². The maximum atomic E-state index is 12.3. The lowest BCUT2D eigenvalue weighted by atomic mass is 9.83. The van der Waals surface area contributed by atoms with Crippen molar-refractivity contribution in [3.63, 3.8) is 0 Å². The minimum Gasteiger partial charge on any atom is -0.315 e. The molecule has 0 unspecified atom stereocenters. The van der Waals surface area contributed by atoms with Gasteiger partial charge in [0.1, 0.15) is 0 Å². The van der Waals surface area contributed by atoms with Gasteiger partial charge in [0, 0.05) is 21.1 Å². The van der Waals surface area contributed by atoms with E-state index in [9.17, 15) is 9.59 Å². The van der Waals surface area contributed by atoms with Crippen molar-refractivity contribution in [2.45, 2.75) is 37.6 Å². The van der Waals surface area contributed by atoms with Crippen LogP contribution in [0.15, 0.2) is 9.59 Å². The molecule has 0 spiro atoms. The minimum absolute atomic E-state index is 0.347. The third-order valence-electron chi connectivity index (χ3n) is 4.64. The molecule has 2 heterocycles. The van der Waals surface area contributed by atoms with Crippen LogP contribution in [0.1, 0.15) is 37.9 Å². The summed E-state index contributed by atoms with van der Waals surface area (Å²) in [6.07, 6.45) is 5.13. The lowest BCUT2D eigenvalue weighted by Gasteiger charge is -2.27. The molecular weight excluding hydrogens is 294 g/mol. The monoisotopic (exact) mass is 315 g/mol. The molecule has 23 heavy (non-hydrogen) atoms. The molecule has 0 saturated heterocycles. The molecule has 7 nitrogen and oxygen atoms in total. The molecule has 0 amide bonds. The van der Waals surface area contributed by atoms with Gasteiger partial charge >= 0.3 is 5.69 Å². The number of nitrogens with zero attached hydrogens (tertiary/aromatic N) is 4. The zero-order valence-electron chi connectivity index (χ0n) is 13.7. The average molecular weight is 315 g/mol. The van der Waals surface area contributed by atoms with E-state index in [2.05, 4.69) is 16.8 Å². The minimum atomic E-state index is -0.479. The first-order valence-corrected chi connectivity index (χ1v) is 7.78. The highest BCUT2D eigenvalue weighted by atomic mass is 16.2. The normalized spacial score (nSPS) is 17.0. The van der Waals surface area contributed by atoms with Crippen LogP contribution in [0.4, 0.5) is 0 Å². The number of fused-ring (bicyclic) bond motifs is 1. The summed E-state index contributed by atoms with van der Waals surface area (Å²) in [5.74, 6) is 6.60. The van der Waals surface area contributed by atoms with E-state index in [0.29, 0.717) is 17.0 Å². The third kappa shape index (κ3) is 2.49. The SMILES string of the molecule is Cn1c(=O)c2c(nc(C#CC3(N)CCCCC3)n2C)n(C)c1=O. The summed E-state index contributed by atoms with van der Waals surface area (Å²) in [7, 11) is 4.79. The highest BCUT2D eigenvalue weighted by Gasteiger charge is 2.25. The Morgan fingerprint density at radius 2 is 1.70 bits per heavy atom. The molecule has 122 valence electrons. The van der Waals surface area contributed by atoms with Crippen molar-refractivity contribution >= 4 is 11.2 Å². The van der Waals surface area contributed by atoms with E-state index in [1.807, 2.05) is 0 Å². The second kappa shape index (κ2) is 5.39. The lowest BCUT2D eigenvalue weighted by molar-refractivity contribution is 0.370. The predicted molar refractivity (Wildman–Crippen MR) is 88.1 cm³/mol. The van der Waals surface area contributed by atoms with Crippen molar-refractivity contribution in [1.82, 2.24) is 18.7 Å². The summed E-state index contributed by atoms with van der Waals surface area (Å²) in [4.78, 5) is 28.7. The maximum absolute atomic E-state index is 12.3. The molecule has 1 saturated carbocycles. The Hall–Kier alpha value is -2.33. The fourth-order valence-electron chi connectivity index (χ4n) is 3.12. The topological polar surface area (TPSA) is 87.8 Å². The molecule has 1 aliphatic carbocycles. The van der Waals surface area contributed by atoms with Crippen molar-refractivity contribution in [3.05, 3.63) is 26.7 Å². The predicted octanol–water partition coefficient (Wildman–Crippen LogP) is -0.0162. The molecule has 0 radical (unpaired) electrons. The molecule has 2 aromatic rings. The highest BCUT2D eigenvalue weighted by Crippen LogP contribution is 2.25. The van der Waals surface area contributed by atoms with Crippen molar-refractivity contribution < 1.29 is 0 Å². The van der Waals surface area contributed by atoms with E-state index < -0.39 is 11.2 Å². The van der Waals surface area contributed by atoms with Gasteiger partial charge in [-0.05, 0) is 18.8 Å². The van der Waals surface area contributed by atoms with Crippen molar-refractivity contribution in [2.75, 3.05) is 0 Å². The summed E-state index contributed by atoms with van der Waals surface area (Å²) in [6.45, 7) is 0. The van der Waals surface area contributed by atoms with E-state index >= 15 is 0 Å².